The highest BCUT2D eigenvalue weighted by Gasteiger charge is 2.27. The maximum Gasteiger partial charge on any atom is 0.291 e. The van der Waals surface area contributed by atoms with Gasteiger partial charge in [-0.3, -0.25) is 20.2 Å². The fraction of sp³-hybridized carbons (Fsp3) is 0. The molecule has 0 bridgehead atoms. The van der Waals surface area contributed by atoms with E-state index in [9.17, 15) is 28.6 Å². The molecule has 1 rings (SSSR count). The van der Waals surface area contributed by atoms with Crippen LogP contribution in [0.15, 0.2) is 21.5 Å². The second kappa shape index (κ2) is 4.66. The van der Waals surface area contributed by atoms with Gasteiger partial charge in [0.15, 0.2) is 0 Å². The first-order valence-electron chi connectivity index (χ1n) is 3.71. The van der Waals surface area contributed by atoms with Crippen LogP contribution in [0.2, 0.25) is 0 Å². The Morgan fingerprint density at radius 1 is 1.12 bits per heavy atom. The lowest BCUT2D eigenvalue weighted by molar-refractivity contribution is -0.395. The predicted octanol–water partition coefficient (Wildman–Crippen LogP) is 2.35. The summed E-state index contributed by atoms with van der Waals surface area (Å²) in [6, 6.07) is 1.40. The molecule has 0 aromatic heterocycles. The van der Waals surface area contributed by atoms with Gasteiger partial charge in [0.05, 0.1) is 30.7 Å². The summed E-state index contributed by atoms with van der Waals surface area (Å²) in [5.41, 5.74) is -1.38. The SMILES string of the molecule is O=[N+]([O-])c1cc([N+](=O)[O-])c(Br)c(S(=O)(=O)Br)c1. The fourth-order valence-corrected chi connectivity index (χ4v) is 4.00. The highest BCUT2D eigenvalue weighted by atomic mass is 79.9. The Hall–Kier alpha value is -1.07. The Bertz CT molecular complexity index is 613. The number of nitro benzene ring substituents is 2. The average molecular weight is 390 g/mol. The molecule has 0 spiro atoms. The molecule has 0 radical (unpaired) electrons. The van der Waals surface area contributed by atoms with E-state index < -0.39 is 34.4 Å². The van der Waals surface area contributed by atoms with Crippen LogP contribution in [0.25, 0.3) is 0 Å². The summed E-state index contributed by atoms with van der Waals surface area (Å²) in [7, 11) is -3.99. The maximum atomic E-state index is 11.2. The molecule has 0 unspecified atom stereocenters. The van der Waals surface area contributed by atoms with E-state index in [-0.39, 0.29) is 4.47 Å². The number of rotatable bonds is 3. The Labute approximate surface area is 110 Å². The van der Waals surface area contributed by atoms with E-state index in [0.717, 1.165) is 6.07 Å². The van der Waals surface area contributed by atoms with Crippen molar-refractivity contribution >= 4 is 50.4 Å². The van der Waals surface area contributed by atoms with Crippen LogP contribution in [0.3, 0.4) is 0 Å². The Morgan fingerprint density at radius 2 is 1.65 bits per heavy atom. The summed E-state index contributed by atoms with van der Waals surface area (Å²) < 4.78 is 22.1. The molecule has 0 atom stereocenters. The molecule has 0 aliphatic carbocycles. The van der Waals surface area contributed by atoms with Crippen LogP contribution < -0.4 is 0 Å². The number of nitro groups is 2. The Kier molecular flexibility index (Phi) is 3.84. The van der Waals surface area contributed by atoms with E-state index in [1.165, 1.54) is 0 Å². The third-order valence-electron chi connectivity index (χ3n) is 1.67. The predicted molar refractivity (Wildman–Crippen MR) is 63.6 cm³/mol. The van der Waals surface area contributed by atoms with Crippen molar-refractivity contribution in [2.45, 2.75) is 4.90 Å². The van der Waals surface area contributed by atoms with Crippen LogP contribution in [0.1, 0.15) is 0 Å². The molecule has 0 saturated heterocycles. The summed E-state index contributed by atoms with van der Waals surface area (Å²) in [4.78, 5) is 18.7. The van der Waals surface area contributed by atoms with Gasteiger partial charge >= 0.3 is 0 Å². The zero-order valence-electron chi connectivity index (χ0n) is 7.66. The van der Waals surface area contributed by atoms with Gasteiger partial charge in [-0.2, -0.15) is 0 Å². The Balaban J connectivity index is 3.73. The number of hydrogen-bond donors (Lipinski definition) is 0. The Morgan fingerprint density at radius 3 is 2.00 bits per heavy atom. The highest BCUT2D eigenvalue weighted by molar-refractivity contribution is 9.47. The molecule has 0 fully saturated rings. The maximum absolute atomic E-state index is 11.2. The molecule has 8 nitrogen and oxygen atoms in total. The van der Waals surface area contributed by atoms with Crippen molar-refractivity contribution in [3.05, 3.63) is 36.8 Å². The molecule has 92 valence electrons. The lowest BCUT2D eigenvalue weighted by Crippen LogP contribution is -1.99. The average Bonchev–Trinajstić information content (AvgIpc) is 2.15. The number of nitrogens with zero attached hydrogens (tertiary/aromatic N) is 2. The molecule has 0 saturated carbocycles. The smallest absolute Gasteiger partial charge is 0.258 e. The molecule has 17 heavy (non-hydrogen) atoms. The summed E-state index contributed by atoms with van der Waals surface area (Å²) >= 11 is 5.03. The summed E-state index contributed by atoms with van der Waals surface area (Å²) in [6.07, 6.45) is 0. The monoisotopic (exact) mass is 388 g/mol. The van der Waals surface area contributed by atoms with E-state index in [0.29, 0.717) is 6.07 Å². The van der Waals surface area contributed by atoms with Crippen molar-refractivity contribution in [3.63, 3.8) is 0 Å². The van der Waals surface area contributed by atoms with Gasteiger partial charge in [-0.1, -0.05) is 0 Å². The molecular weight excluding hydrogens is 388 g/mol. The molecule has 0 amide bonds. The van der Waals surface area contributed by atoms with Crippen LogP contribution in [0.4, 0.5) is 11.4 Å². The molecule has 1 aromatic carbocycles. The first-order chi connectivity index (χ1) is 7.64. The first kappa shape index (κ1) is 14.0. The van der Waals surface area contributed by atoms with Crippen LogP contribution in [0.5, 0.6) is 0 Å². The topological polar surface area (TPSA) is 120 Å². The normalized spacial score (nSPS) is 11.2. The lowest BCUT2D eigenvalue weighted by atomic mass is 10.3. The van der Waals surface area contributed by atoms with Gasteiger partial charge in [0, 0.05) is 6.07 Å². The van der Waals surface area contributed by atoms with Crippen molar-refractivity contribution in [2.24, 2.45) is 0 Å². The molecule has 11 heteroatoms. The third-order valence-corrected chi connectivity index (χ3v) is 4.66. The lowest BCUT2D eigenvalue weighted by Gasteiger charge is -2.01. The quantitative estimate of drug-likeness (QED) is 0.444. The van der Waals surface area contributed by atoms with Crippen molar-refractivity contribution in [3.8, 4) is 0 Å². The third kappa shape index (κ3) is 2.98. The second-order valence-electron chi connectivity index (χ2n) is 2.73. The van der Waals surface area contributed by atoms with E-state index in [2.05, 4.69) is 30.7 Å². The van der Waals surface area contributed by atoms with E-state index in [1.54, 1.807) is 0 Å². The summed E-state index contributed by atoms with van der Waals surface area (Å²) in [5, 5.41) is 21.1. The van der Waals surface area contributed by atoms with Crippen molar-refractivity contribution in [1.29, 1.82) is 0 Å². The van der Waals surface area contributed by atoms with Crippen molar-refractivity contribution in [2.75, 3.05) is 0 Å². The van der Waals surface area contributed by atoms with Gasteiger partial charge in [-0.15, -0.1) is 0 Å². The fourth-order valence-electron chi connectivity index (χ4n) is 0.985. The minimum atomic E-state index is -3.99. The molecule has 0 N–H and O–H groups in total. The minimum absolute atomic E-state index is 0.343. The van der Waals surface area contributed by atoms with Crippen LogP contribution in [0, 0.1) is 20.2 Å². The zero-order valence-corrected chi connectivity index (χ0v) is 11.7. The van der Waals surface area contributed by atoms with Gasteiger partial charge in [-0.05, 0) is 15.9 Å². The number of non-ortho nitro benzene ring substituents is 1. The van der Waals surface area contributed by atoms with Crippen molar-refractivity contribution < 1.29 is 18.3 Å². The van der Waals surface area contributed by atoms with Crippen LogP contribution >= 0.6 is 30.7 Å². The van der Waals surface area contributed by atoms with E-state index in [1.807, 2.05) is 0 Å². The van der Waals surface area contributed by atoms with Crippen LogP contribution in [-0.2, 0) is 8.27 Å². The van der Waals surface area contributed by atoms with Gasteiger partial charge < -0.3 is 0 Å². The van der Waals surface area contributed by atoms with Gasteiger partial charge in [0.2, 0.25) is 8.27 Å². The van der Waals surface area contributed by atoms with Crippen LogP contribution in [-0.4, -0.2) is 18.3 Å². The van der Waals surface area contributed by atoms with Crippen molar-refractivity contribution in [1.82, 2.24) is 0 Å². The summed E-state index contributed by atoms with van der Waals surface area (Å²) in [5.74, 6) is 0. The molecule has 1 aromatic rings. The van der Waals surface area contributed by atoms with Gasteiger partial charge in [0.1, 0.15) is 9.37 Å². The highest BCUT2D eigenvalue weighted by Crippen LogP contribution is 2.37. The molecule has 0 aliphatic heterocycles. The van der Waals surface area contributed by atoms with E-state index in [4.69, 9.17) is 0 Å². The number of benzene rings is 1. The zero-order chi connectivity index (χ0) is 13.4. The summed E-state index contributed by atoms with van der Waals surface area (Å²) in [6.45, 7) is 0. The van der Waals surface area contributed by atoms with E-state index >= 15 is 0 Å². The second-order valence-corrected chi connectivity index (χ2v) is 7.39. The first-order valence-corrected chi connectivity index (χ1v) is 7.83. The molecular formula is C6H2Br2N2O6S. The minimum Gasteiger partial charge on any atom is -0.258 e. The number of halogens is 2. The molecule has 0 heterocycles. The standard InChI is InChI=1S/C6H2Br2N2O6S/c7-6-4(10(13)14)1-3(9(11)12)2-5(6)17(8,15)16/h1-2H. The number of hydrogen-bond acceptors (Lipinski definition) is 6. The van der Waals surface area contributed by atoms with Gasteiger partial charge in [0.25, 0.3) is 11.4 Å². The van der Waals surface area contributed by atoms with Gasteiger partial charge in [-0.25, -0.2) is 8.42 Å². The largest absolute Gasteiger partial charge is 0.291 e. The molecule has 0 aliphatic rings.